The number of likely N-dealkylation sites (N-methyl/N-ethyl adjacent to an activating group) is 1. The number of nitrogens with zero attached hydrogens (tertiary/aromatic N) is 2. The van der Waals surface area contributed by atoms with Crippen LogP contribution < -0.4 is 5.32 Å². The Labute approximate surface area is 163 Å². The summed E-state index contributed by atoms with van der Waals surface area (Å²) in [7, 11) is -2.96. The van der Waals surface area contributed by atoms with E-state index in [1.54, 1.807) is 20.8 Å². The Morgan fingerprint density at radius 2 is 1.93 bits per heavy atom. The van der Waals surface area contributed by atoms with E-state index in [1.807, 2.05) is 0 Å². The number of benzene rings is 1. The van der Waals surface area contributed by atoms with Gasteiger partial charge in [-0.3, -0.25) is 10.1 Å². The molecule has 1 aliphatic rings. The monoisotopic (exact) mass is 415 g/mol. The van der Waals surface area contributed by atoms with Gasteiger partial charge in [0.2, 0.25) is 10.0 Å². The Balaban J connectivity index is 2.17. The molecule has 156 valence electrons. The van der Waals surface area contributed by atoms with Crippen molar-refractivity contribution in [3.05, 3.63) is 34.4 Å². The number of aliphatic hydroxyl groups is 1. The number of ether oxygens (including phenoxy) is 1. The number of carbonyl (C=O) groups is 1. The summed E-state index contributed by atoms with van der Waals surface area (Å²) in [5.41, 5.74) is -1.22. The predicted molar refractivity (Wildman–Crippen MR) is 100 cm³/mol. The van der Waals surface area contributed by atoms with Gasteiger partial charge in [0.1, 0.15) is 5.60 Å². The van der Waals surface area contributed by atoms with Gasteiger partial charge in [0.05, 0.1) is 17.1 Å². The molecule has 0 radical (unpaired) electrons. The van der Waals surface area contributed by atoms with Gasteiger partial charge in [0.15, 0.2) is 4.90 Å². The fraction of sp³-hybridized carbons (Fsp3) is 0.588. The zero-order valence-corrected chi connectivity index (χ0v) is 17.0. The number of alkyl carbamates (subject to hydrolysis) is 1. The first-order chi connectivity index (χ1) is 12.8. The van der Waals surface area contributed by atoms with E-state index in [-0.39, 0.29) is 12.8 Å². The number of carbonyl (C=O) groups excluding carboxylic acids is 1. The third-order valence-corrected chi connectivity index (χ3v) is 6.33. The second kappa shape index (κ2) is 8.02. The van der Waals surface area contributed by atoms with Gasteiger partial charge in [-0.25, -0.2) is 13.2 Å². The maximum absolute atomic E-state index is 12.9. The minimum Gasteiger partial charge on any atom is -0.444 e. The highest BCUT2D eigenvalue weighted by molar-refractivity contribution is 7.89. The average molecular weight is 415 g/mol. The Kier molecular flexibility index (Phi) is 6.31. The number of hydrogen-bond donors (Lipinski definition) is 2. The van der Waals surface area contributed by atoms with Gasteiger partial charge < -0.3 is 15.2 Å². The molecule has 1 aromatic rings. The highest BCUT2D eigenvalue weighted by Crippen LogP contribution is 2.31. The van der Waals surface area contributed by atoms with Crippen LogP contribution in [0.1, 0.15) is 33.6 Å². The third-order valence-electron chi connectivity index (χ3n) is 4.40. The number of para-hydroxylation sites is 1. The first-order valence-corrected chi connectivity index (χ1v) is 10.2. The summed E-state index contributed by atoms with van der Waals surface area (Å²) in [6.45, 7) is 5.14. The molecule has 1 amide bonds. The lowest BCUT2D eigenvalue weighted by atomic mass is 10.2. The normalized spacial score (nSPS) is 22.9. The number of sulfonamides is 1. The maximum atomic E-state index is 12.9. The first kappa shape index (κ1) is 22.1. The molecular weight excluding hydrogens is 390 g/mol. The fourth-order valence-corrected chi connectivity index (χ4v) is 4.69. The Hall–Kier alpha value is -2.24. The van der Waals surface area contributed by atoms with Crippen molar-refractivity contribution >= 4 is 21.8 Å². The van der Waals surface area contributed by atoms with Gasteiger partial charge in [0, 0.05) is 19.2 Å². The van der Waals surface area contributed by atoms with Crippen molar-refractivity contribution in [2.45, 2.75) is 62.3 Å². The van der Waals surface area contributed by atoms with E-state index in [4.69, 9.17) is 4.74 Å². The summed E-state index contributed by atoms with van der Waals surface area (Å²) >= 11 is 0. The summed E-state index contributed by atoms with van der Waals surface area (Å²) in [6.07, 6.45) is -1.41. The molecule has 2 N–H and O–H groups in total. The van der Waals surface area contributed by atoms with Crippen LogP contribution in [0.15, 0.2) is 29.2 Å². The van der Waals surface area contributed by atoms with Crippen molar-refractivity contribution < 1.29 is 28.0 Å². The lowest BCUT2D eigenvalue weighted by Gasteiger charge is -2.26. The van der Waals surface area contributed by atoms with Crippen LogP contribution in [0, 0.1) is 10.1 Å². The number of aliphatic hydroxyl groups excluding tert-OH is 1. The minimum atomic E-state index is -4.22. The Bertz CT molecular complexity index is 851. The van der Waals surface area contributed by atoms with Crippen LogP contribution in [0.2, 0.25) is 0 Å². The molecule has 3 atom stereocenters. The van der Waals surface area contributed by atoms with Gasteiger partial charge in [-0.2, -0.15) is 4.31 Å². The number of amides is 1. The predicted octanol–water partition coefficient (Wildman–Crippen LogP) is 1.63. The van der Waals surface area contributed by atoms with Crippen molar-refractivity contribution in [3.8, 4) is 0 Å². The van der Waals surface area contributed by atoms with Crippen molar-refractivity contribution in [1.29, 1.82) is 0 Å². The highest BCUT2D eigenvalue weighted by Gasteiger charge is 2.42. The lowest BCUT2D eigenvalue weighted by molar-refractivity contribution is -0.387. The smallest absolute Gasteiger partial charge is 0.407 e. The summed E-state index contributed by atoms with van der Waals surface area (Å²) in [4.78, 5) is 21.9. The standard InChI is InChI=1S/C17H25N3O7S/c1-17(2,3)27-16(22)18-11-9-13(14(21)10-11)19(4)28(25,26)15-8-6-5-7-12(15)20(23)24/h5-8,11,13-14,21H,9-10H2,1-4H3,(H,18,22)/t11-,13+,14-/m1/s1. The van der Waals surface area contributed by atoms with Gasteiger partial charge in [-0.15, -0.1) is 0 Å². The molecule has 1 fully saturated rings. The number of hydrogen-bond acceptors (Lipinski definition) is 7. The molecule has 2 rings (SSSR count). The van der Waals surface area contributed by atoms with Crippen LogP contribution >= 0.6 is 0 Å². The van der Waals surface area contributed by atoms with Gasteiger partial charge in [0.25, 0.3) is 5.69 Å². The minimum absolute atomic E-state index is 0.140. The summed E-state index contributed by atoms with van der Waals surface area (Å²) < 4.78 is 31.9. The van der Waals surface area contributed by atoms with E-state index in [9.17, 15) is 28.4 Å². The van der Waals surface area contributed by atoms with Crippen LogP contribution in [0.4, 0.5) is 10.5 Å². The molecule has 1 saturated carbocycles. The van der Waals surface area contributed by atoms with Gasteiger partial charge in [-0.1, -0.05) is 12.1 Å². The number of nitro benzene ring substituents is 1. The van der Waals surface area contributed by atoms with Crippen LogP contribution in [0.25, 0.3) is 0 Å². The van der Waals surface area contributed by atoms with Crippen LogP contribution in [-0.2, 0) is 14.8 Å². The van der Waals surface area contributed by atoms with Crippen molar-refractivity contribution in [2.24, 2.45) is 0 Å². The average Bonchev–Trinajstić information content (AvgIpc) is 2.92. The molecular formula is C17H25N3O7S. The quantitative estimate of drug-likeness (QED) is 0.550. The van der Waals surface area contributed by atoms with Crippen molar-refractivity contribution in [1.82, 2.24) is 9.62 Å². The van der Waals surface area contributed by atoms with E-state index in [0.29, 0.717) is 0 Å². The molecule has 11 heteroatoms. The van der Waals surface area contributed by atoms with Crippen molar-refractivity contribution in [2.75, 3.05) is 7.05 Å². The highest BCUT2D eigenvalue weighted by atomic mass is 32.2. The summed E-state index contributed by atoms with van der Waals surface area (Å²) in [5.74, 6) is 0. The Morgan fingerprint density at radius 3 is 2.50 bits per heavy atom. The largest absolute Gasteiger partial charge is 0.444 e. The zero-order valence-electron chi connectivity index (χ0n) is 16.2. The number of nitrogens with one attached hydrogen (secondary N) is 1. The van der Waals surface area contributed by atoms with E-state index >= 15 is 0 Å². The number of rotatable bonds is 5. The lowest BCUT2D eigenvalue weighted by Crippen LogP contribution is -2.42. The topological polar surface area (TPSA) is 139 Å². The van der Waals surface area contributed by atoms with Gasteiger partial charge >= 0.3 is 6.09 Å². The van der Waals surface area contributed by atoms with E-state index in [0.717, 1.165) is 16.4 Å². The second-order valence-corrected chi connectivity index (χ2v) is 9.66. The zero-order chi connectivity index (χ0) is 21.3. The fourth-order valence-electron chi connectivity index (χ4n) is 3.14. The van der Waals surface area contributed by atoms with Crippen LogP contribution in [0.3, 0.4) is 0 Å². The molecule has 0 aromatic heterocycles. The molecule has 0 saturated heterocycles. The molecule has 0 unspecified atom stereocenters. The Morgan fingerprint density at radius 1 is 1.32 bits per heavy atom. The first-order valence-electron chi connectivity index (χ1n) is 8.72. The molecule has 0 spiro atoms. The van der Waals surface area contributed by atoms with Gasteiger partial charge in [-0.05, 0) is 39.7 Å². The maximum Gasteiger partial charge on any atom is 0.407 e. The van der Waals surface area contributed by atoms with Crippen LogP contribution in [0.5, 0.6) is 0 Å². The molecule has 1 aliphatic carbocycles. The molecule has 0 bridgehead atoms. The molecule has 10 nitrogen and oxygen atoms in total. The molecule has 28 heavy (non-hydrogen) atoms. The van der Waals surface area contributed by atoms with E-state index < -0.39 is 55.4 Å². The number of nitro groups is 1. The summed E-state index contributed by atoms with van der Waals surface area (Å²) in [5, 5.41) is 24.1. The van der Waals surface area contributed by atoms with E-state index in [1.165, 1.54) is 19.2 Å². The molecule has 1 aromatic carbocycles. The molecule has 0 aliphatic heterocycles. The second-order valence-electron chi connectivity index (χ2n) is 7.70. The van der Waals surface area contributed by atoms with E-state index in [2.05, 4.69) is 5.32 Å². The SMILES string of the molecule is CN([C@H]1C[C@@H](NC(=O)OC(C)(C)C)C[C@H]1O)S(=O)(=O)c1ccccc1[N+](=O)[O-]. The van der Waals surface area contributed by atoms with Crippen LogP contribution in [-0.4, -0.2) is 59.7 Å². The molecule has 0 heterocycles. The third kappa shape index (κ3) is 4.97. The van der Waals surface area contributed by atoms with Crippen molar-refractivity contribution in [3.63, 3.8) is 0 Å². The summed E-state index contributed by atoms with van der Waals surface area (Å²) in [6, 6.07) is 3.71.